The smallest absolute Gasteiger partial charge is 0.329 e. The lowest BCUT2D eigenvalue weighted by Gasteiger charge is -2.44. The van der Waals surface area contributed by atoms with E-state index in [4.69, 9.17) is 4.74 Å². The summed E-state index contributed by atoms with van der Waals surface area (Å²) in [5, 5.41) is 5.74. The number of imidazole rings is 1. The summed E-state index contributed by atoms with van der Waals surface area (Å²) in [5.74, 6) is 5.81. The Morgan fingerprint density at radius 1 is 1.21 bits per heavy atom. The van der Waals surface area contributed by atoms with Crippen LogP contribution in [0.5, 0.6) is 0 Å². The van der Waals surface area contributed by atoms with Crippen LogP contribution in [0.25, 0.3) is 11.0 Å². The lowest BCUT2D eigenvalue weighted by atomic mass is 9.90. The quantitative estimate of drug-likeness (QED) is 0.498. The summed E-state index contributed by atoms with van der Waals surface area (Å²) in [4.78, 5) is 39.4. The van der Waals surface area contributed by atoms with Crippen LogP contribution in [0.2, 0.25) is 0 Å². The Kier molecular flexibility index (Phi) is 5.83. The Labute approximate surface area is 192 Å². The van der Waals surface area contributed by atoms with Gasteiger partial charge in [-0.15, -0.1) is 0 Å². The van der Waals surface area contributed by atoms with Crippen molar-refractivity contribution in [1.29, 1.82) is 0 Å². The molecule has 2 aromatic rings. The number of hydrogen-bond acceptors (Lipinski definition) is 6. The number of carbonyl (C=O) groups is 2. The highest BCUT2D eigenvalue weighted by Gasteiger charge is 2.37. The average molecular weight is 452 g/mol. The van der Waals surface area contributed by atoms with Gasteiger partial charge >= 0.3 is 5.69 Å². The molecule has 1 aromatic carbocycles. The maximum atomic E-state index is 13.0. The number of nitrogens with zero attached hydrogens (tertiary/aromatic N) is 3. The number of carbonyl (C=O) groups excluding carboxylic acids is 2. The van der Waals surface area contributed by atoms with Crippen molar-refractivity contribution in [2.75, 3.05) is 39.3 Å². The fourth-order valence-corrected chi connectivity index (χ4v) is 5.26. The number of rotatable bonds is 2. The van der Waals surface area contributed by atoms with Crippen LogP contribution in [0.15, 0.2) is 23.0 Å². The molecule has 2 amide bonds. The van der Waals surface area contributed by atoms with Crippen molar-refractivity contribution < 1.29 is 14.3 Å². The fraction of sp³-hybridized carbons (Fsp3) is 0.542. The molecule has 3 saturated heterocycles. The van der Waals surface area contributed by atoms with Gasteiger partial charge in [0.1, 0.15) is 6.04 Å². The van der Waals surface area contributed by atoms with Gasteiger partial charge in [-0.3, -0.25) is 28.9 Å². The molecule has 174 valence electrons. The third-order valence-corrected chi connectivity index (χ3v) is 6.99. The van der Waals surface area contributed by atoms with Crippen LogP contribution in [0.4, 0.5) is 0 Å². The molecule has 33 heavy (non-hydrogen) atoms. The minimum atomic E-state index is -0.698. The summed E-state index contributed by atoms with van der Waals surface area (Å²) in [6, 6.07) is 4.88. The molecule has 9 nitrogen and oxygen atoms in total. The van der Waals surface area contributed by atoms with E-state index < -0.39 is 11.9 Å². The van der Waals surface area contributed by atoms with Gasteiger partial charge in [-0.2, -0.15) is 0 Å². The standard InChI is InChI=1S/C24H29N5O4/c1-27-21-17(5-3-13-28-14-15-33-24(16-28)9-11-25-12-10-24)4-2-6-18(21)29(23(27)32)19-7-8-20(30)26-22(19)31/h2,4,6,19,25H,7-16H2,1H3,(H,26,30,31). The predicted molar refractivity (Wildman–Crippen MR) is 123 cm³/mol. The molecule has 0 aliphatic carbocycles. The summed E-state index contributed by atoms with van der Waals surface area (Å²) in [6.45, 7) is 5.08. The largest absolute Gasteiger partial charge is 0.372 e. The van der Waals surface area contributed by atoms with Gasteiger partial charge in [0.15, 0.2) is 0 Å². The number of amides is 2. The topological polar surface area (TPSA) is 97.6 Å². The van der Waals surface area contributed by atoms with Crippen molar-refractivity contribution >= 4 is 22.8 Å². The number of imide groups is 1. The summed E-state index contributed by atoms with van der Waals surface area (Å²) in [5.41, 5.74) is 1.77. The van der Waals surface area contributed by atoms with Crippen LogP contribution >= 0.6 is 0 Å². The Bertz CT molecular complexity index is 1210. The number of piperidine rings is 2. The van der Waals surface area contributed by atoms with Crippen molar-refractivity contribution in [1.82, 2.24) is 24.7 Å². The average Bonchev–Trinajstić information content (AvgIpc) is 3.05. The molecule has 3 aliphatic rings. The molecule has 9 heteroatoms. The number of para-hydroxylation sites is 1. The van der Waals surface area contributed by atoms with E-state index in [0.717, 1.165) is 51.2 Å². The van der Waals surface area contributed by atoms with Gasteiger partial charge in [0.05, 0.1) is 35.3 Å². The SMILES string of the molecule is Cn1c(=O)n(C2CCC(=O)NC2=O)c2cccc(C#CCN3CCOC4(CCNCC4)C3)c21. The molecule has 5 rings (SSSR count). The lowest BCUT2D eigenvalue weighted by molar-refractivity contribution is -0.135. The molecule has 2 N–H and O–H groups in total. The minimum Gasteiger partial charge on any atom is -0.372 e. The first kappa shape index (κ1) is 21.9. The summed E-state index contributed by atoms with van der Waals surface area (Å²) in [6.07, 6.45) is 2.57. The summed E-state index contributed by atoms with van der Waals surface area (Å²) < 4.78 is 9.17. The van der Waals surface area contributed by atoms with Crippen molar-refractivity contribution in [3.8, 4) is 11.8 Å². The molecule has 4 heterocycles. The molecule has 1 spiro atoms. The monoisotopic (exact) mass is 451 g/mol. The molecule has 3 aliphatic heterocycles. The highest BCUT2D eigenvalue weighted by Crippen LogP contribution is 2.27. The van der Waals surface area contributed by atoms with Crippen LogP contribution < -0.4 is 16.3 Å². The second kappa shape index (κ2) is 8.78. The first-order chi connectivity index (χ1) is 16.0. The molecule has 1 atom stereocenters. The minimum absolute atomic E-state index is 0.0612. The first-order valence-corrected chi connectivity index (χ1v) is 11.6. The zero-order valence-corrected chi connectivity index (χ0v) is 18.9. The van der Waals surface area contributed by atoms with Gasteiger partial charge in [-0.05, 0) is 44.5 Å². The molecular formula is C24H29N5O4. The number of ether oxygens (including phenoxy) is 1. The van der Waals surface area contributed by atoms with E-state index in [9.17, 15) is 14.4 Å². The summed E-state index contributed by atoms with van der Waals surface area (Å²) >= 11 is 0. The van der Waals surface area contributed by atoms with Crippen molar-refractivity contribution in [2.45, 2.75) is 37.3 Å². The maximum Gasteiger partial charge on any atom is 0.329 e. The Morgan fingerprint density at radius 3 is 2.82 bits per heavy atom. The number of morpholine rings is 1. The molecule has 0 radical (unpaired) electrons. The zero-order chi connectivity index (χ0) is 23.0. The number of hydrogen-bond donors (Lipinski definition) is 2. The van der Waals surface area contributed by atoms with E-state index in [1.54, 1.807) is 11.6 Å². The van der Waals surface area contributed by atoms with E-state index in [1.165, 1.54) is 4.57 Å². The third-order valence-electron chi connectivity index (χ3n) is 6.99. The molecule has 1 unspecified atom stereocenters. The van der Waals surface area contributed by atoms with Crippen LogP contribution in [0, 0.1) is 11.8 Å². The Hall–Kier alpha value is -2.93. The van der Waals surface area contributed by atoms with Gasteiger partial charge < -0.3 is 10.1 Å². The highest BCUT2D eigenvalue weighted by molar-refractivity contribution is 6.00. The van der Waals surface area contributed by atoms with Crippen LogP contribution in [0.1, 0.15) is 37.3 Å². The second-order valence-corrected chi connectivity index (χ2v) is 9.15. The fourth-order valence-electron chi connectivity index (χ4n) is 5.26. The Morgan fingerprint density at radius 2 is 2.03 bits per heavy atom. The number of aryl methyl sites for hydroxylation is 1. The Balaban J connectivity index is 1.40. The highest BCUT2D eigenvalue weighted by atomic mass is 16.5. The zero-order valence-electron chi connectivity index (χ0n) is 18.9. The number of aromatic nitrogens is 2. The van der Waals surface area contributed by atoms with Gasteiger partial charge in [-0.25, -0.2) is 4.79 Å². The molecule has 1 aromatic heterocycles. The maximum absolute atomic E-state index is 13.0. The normalized spacial score (nSPS) is 23.4. The number of nitrogens with one attached hydrogen (secondary N) is 2. The van der Waals surface area contributed by atoms with E-state index in [-0.39, 0.29) is 23.6 Å². The predicted octanol–water partition coefficient (Wildman–Crippen LogP) is 0.124. The van der Waals surface area contributed by atoms with Crippen molar-refractivity contribution in [3.63, 3.8) is 0 Å². The van der Waals surface area contributed by atoms with Gasteiger partial charge in [0, 0.05) is 26.6 Å². The second-order valence-electron chi connectivity index (χ2n) is 9.15. The van der Waals surface area contributed by atoms with E-state index in [1.807, 2.05) is 18.2 Å². The lowest BCUT2D eigenvalue weighted by Crippen LogP contribution is -2.56. The van der Waals surface area contributed by atoms with E-state index >= 15 is 0 Å². The van der Waals surface area contributed by atoms with Gasteiger partial charge in [0.25, 0.3) is 0 Å². The van der Waals surface area contributed by atoms with E-state index in [0.29, 0.717) is 24.0 Å². The third kappa shape index (κ3) is 4.10. The van der Waals surface area contributed by atoms with Crippen molar-refractivity contribution in [2.24, 2.45) is 7.05 Å². The summed E-state index contributed by atoms with van der Waals surface area (Å²) in [7, 11) is 1.70. The molecule has 3 fully saturated rings. The molecular weight excluding hydrogens is 422 g/mol. The van der Waals surface area contributed by atoms with Crippen LogP contribution in [0.3, 0.4) is 0 Å². The van der Waals surface area contributed by atoms with Crippen LogP contribution in [-0.4, -0.2) is 70.8 Å². The molecule has 0 saturated carbocycles. The first-order valence-electron chi connectivity index (χ1n) is 11.6. The van der Waals surface area contributed by atoms with Gasteiger partial charge in [0.2, 0.25) is 11.8 Å². The van der Waals surface area contributed by atoms with Crippen LogP contribution in [-0.2, 0) is 21.4 Å². The molecule has 0 bridgehead atoms. The number of fused-ring (bicyclic) bond motifs is 1. The van der Waals surface area contributed by atoms with E-state index in [2.05, 4.69) is 27.4 Å². The van der Waals surface area contributed by atoms with Crippen molar-refractivity contribution in [3.05, 3.63) is 34.2 Å². The van der Waals surface area contributed by atoms with Gasteiger partial charge in [-0.1, -0.05) is 17.9 Å². The number of benzene rings is 1.